The van der Waals surface area contributed by atoms with Gasteiger partial charge < -0.3 is 0 Å². The van der Waals surface area contributed by atoms with Gasteiger partial charge in [-0.05, 0) is 12.1 Å². The molecule has 1 aromatic carbocycles. The quantitative estimate of drug-likeness (QED) is 0.753. The Morgan fingerprint density at radius 3 is 1.89 bits per heavy atom. The minimum Gasteiger partial charge on any atom is -0.288 e. The van der Waals surface area contributed by atoms with Gasteiger partial charge in [0.05, 0.1) is 17.7 Å². The lowest BCUT2D eigenvalue weighted by Crippen LogP contribution is -2.40. The summed E-state index contributed by atoms with van der Waals surface area (Å²) in [5, 5.41) is 0. The fraction of sp³-hybridized carbons (Fsp3) is 0.182. The van der Waals surface area contributed by atoms with Crippen LogP contribution in [-0.2, 0) is 4.79 Å². The highest BCUT2D eigenvalue weighted by atomic mass is 19.4. The maximum Gasteiger partial charge on any atom is 0.451 e. The first-order valence-electron chi connectivity index (χ1n) is 4.87. The van der Waals surface area contributed by atoms with Crippen LogP contribution in [0.15, 0.2) is 24.3 Å². The normalized spacial score (nSPS) is 14.9. The Morgan fingerprint density at radius 1 is 1.06 bits per heavy atom. The van der Waals surface area contributed by atoms with Gasteiger partial charge in [-0.15, -0.1) is 0 Å². The summed E-state index contributed by atoms with van der Waals surface area (Å²) in [5.74, 6) is -3.89. The third-order valence-corrected chi connectivity index (χ3v) is 2.50. The third kappa shape index (κ3) is 1.87. The molecule has 18 heavy (non-hydrogen) atoms. The molecule has 0 spiro atoms. The van der Waals surface area contributed by atoms with E-state index in [1.807, 2.05) is 0 Å². The molecule has 0 aliphatic carbocycles. The molecule has 2 amide bonds. The first-order valence-corrected chi connectivity index (χ1v) is 4.87. The number of carbonyl (C=O) groups is 3. The number of nitrogens with zero attached hydrogens (tertiary/aromatic N) is 1. The van der Waals surface area contributed by atoms with Crippen LogP contribution >= 0.6 is 0 Å². The Kier molecular flexibility index (Phi) is 2.68. The largest absolute Gasteiger partial charge is 0.451 e. The summed E-state index contributed by atoms with van der Waals surface area (Å²) in [7, 11) is 0. The van der Waals surface area contributed by atoms with E-state index in [9.17, 15) is 27.6 Å². The van der Waals surface area contributed by atoms with Crippen LogP contribution in [0.2, 0.25) is 0 Å². The highest BCUT2D eigenvalue weighted by molar-refractivity contribution is 6.22. The number of amides is 2. The molecule has 0 bridgehead atoms. The molecule has 0 saturated heterocycles. The van der Waals surface area contributed by atoms with Crippen molar-refractivity contribution in [3.05, 3.63) is 35.4 Å². The summed E-state index contributed by atoms with van der Waals surface area (Å²) >= 11 is 0. The highest BCUT2D eigenvalue weighted by Crippen LogP contribution is 2.24. The Morgan fingerprint density at radius 2 is 1.50 bits per heavy atom. The number of imide groups is 1. The Labute approximate surface area is 99.0 Å². The molecule has 1 aliphatic rings. The van der Waals surface area contributed by atoms with Crippen molar-refractivity contribution in [1.82, 2.24) is 4.90 Å². The molecule has 0 aromatic heterocycles. The Hall–Kier alpha value is -2.18. The van der Waals surface area contributed by atoms with Crippen LogP contribution in [0.1, 0.15) is 20.7 Å². The maximum atomic E-state index is 12.1. The van der Waals surface area contributed by atoms with Crippen molar-refractivity contribution in [3.63, 3.8) is 0 Å². The molecule has 0 fully saturated rings. The fourth-order valence-corrected chi connectivity index (χ4v) is 1.62. The molecule has 0 unspecified atom stereocenters. The second-order valence-corrected chi connectivity index (χ2v) is 3.66. The molecular weight excluding hydrogens is 251 g/mol. The average molecular weight is 257 g/mol. The topological polar surface area (TPSA) is 54.5 Å². The predicted octanol–water partition coefficient (Wildman–Crippen LogP) is 1.41. The zero-order chi connectivity index (χ0) is 13.5. The summed E-state index contributed by atoms with van der Waals surface area (Å²) < 4.78 is 36.3. The van der Waals surface area contributed by atoms with Gasteiger partial charge in [-0.25, -0.2) is 0 Å². The third-order valence-electron chi connectivity index (χ3n) is 2.50. The molecule has 94 valence electrons. The molecule has 0 saturated carbocycles. The first-order chi connectivity index (χ1) is 8.32. The summed E-state index contributed by atoms with van der Waals surface area (Å²) in [6, 6.07) is 5.62. The van der Waals surface area contributed by atoms with Gasteiger partial charge in [-0.3, -0.25) is 19.3 Å². The van der Waals surface area contributed by atoms with E-state index < -0.39 is 30.3 Å². The molecule has 1 aliphatic heterocycles. The molecule has 1 aromatic rings. The summed E-state index contributed by atoms with van der Waals surface area (Å²) in [4.78, 5) is 34.4. The van der Waals surface area contributed by atoms with Gasteiger partial charge in [-0.1, -0.05) is 12.1 Å². The zero-order valence-electron chi connectivity index (χ0n) is 8.82. The van der Waals surface area contributed by atoms with E-state index >= 15 is 0 Å². The highest BCUT2D eigenvalue weighted by Gasteiger charge is 2.44. The SMILES string of the molecule is O=C1c2ccccc2C(=O)N1CC(=O)C(F)(F)F. The number of fused-ring (bicyclic) bond motifs is 1. The van der Waals surface area contributed by atoms with Gasteiger partial charge in [0.15, 0.2) is 0 Å². The first kappa shape index (κ1) is 12.3. The van der Waals surface area contributed by atoms with Gasteiger partial charge in [0, 0.05) is 0 Å². The molecule has 1 heterocycles. The van der Waals surface area contributed by atoms with E-state index in [-0.39, 0.29) is 11.1 Å². The monoisotopic (exact) mass is 257 g/mol. The smallest absolute Gasteiger partial charge is 0.288 e. The number of hydrogen-bond donors (Lipinski definition) is 0. The summed E-state index contributed by atoms with van der Waals surface area (Å²) in [6.45, 7) is -1.28. The summed E-state index contributed by atoms with van der Waals surface area (Å²) in [5.41, 5.74) is 0.0231. The van der Waals surface area contributed by atoms with Crippen LogP contribution < -0.4 is 0 Å². The molecular formula is C11H6F3NO3. The summed E-state index contributed by atoms with van der Waals surface area (Å²) in [6.07, 6.45) is -5.06. The van der Waals surface area contributed by atoms with Gasteiger partial charge >= 0.3 is 6.18 Å². The van der Waals surface area contributed by atoms with E-state index in [0.29, 0.717) is 4.90 Å². The second kappa shape index (κ2) is 3.94. The van der Waals surface area contributed by atoms with Gasteiger partial charge in [0.25, 0.3) is 17.6 Å². The number of alkyl halides is 3. The average Bonchev–Trinajstić information content (AvgIpc) is 2.54. The van der Waals surface area contributed by atoms with Crippen LogP contribution in [0.3, 0.4) is 0 Å². The number of hydrogen-bond acceptors (Lipinski definition) is 3. The number of rotatable bonds is 2. The lowest BCUT2D eigenvalue weighted by atomic mass is 10.1. The molecule has 0 radical (unpaired) electrons. The van der Waals surface area contributed by atoms with Gasteiger partial charge in [-0.2, -0.15) is 13.2 Å². The lowest BCUT2D eigenvalue weighted by molar-refractivity contribution is -0.171. The number of benzene rings is 1. The van der Waals surface area contributed by atoms with Crippen LogP contribution in [0.25, 0.3) is 0 Å². The zero-order valence-corrected chi connectivity index (χ0v) is 8.82. The van der Waals surface area contributed by atoms with Crippen LogP contribution in [-0.4, -0.2) is 35.2 Å². The molecule has 2 rings (SSSR count). The van der Waals surface area contributed by atoms with Crippen molar-refractivity contribution in [3.8, 4) is 0 Å². The molecule has 4 nitrogen and oxygen atoms in total. The van der Waals surface area contributed by atoms with E-state index in [1.165, 1.54) is 24.3 Å². The number of carbonyl (C=O) groups excluding carboxylic acids is 3. The van der Waals surface area contributed by atoms with E-state index in [4.69, 9.17) is 0 Å². The second-order valence-electron chi connectivity index (χ2n) is 3.66. The lowest BCUT2D eigenvalue weighted by Gasteiger charge is -2.13. The molecule has 0 atom stereocenters. The van der Waals surface area contributed by atoms with Crippen molar-refractivity contribution in [2.75, 3.05) is 6.54 Å². The van der Waals surface area contributed by atoms with Crippen LogP contribution in [0.4, 0.5) is 13.2 Å². The molecule has 7 heteroatoms. The van der Waals surface area contributed by atoms with Gasteiger partial charge in [0.1, 0.15) is 0 Å². The van der Waals surface area contributed by atoms with E-state index in [0.717, 1.165) is 0 Å². The fourth-order valence-electron chi connectivity index (χ4n) is 1.62. The van der Waals surface area contributed by atoms with Crippen molar-refractivity contribution in [2.24, 2.45) is 0 Å². The van der Waals surface area contributed by atoms with E-state index in [1.54, 1.807) is 0 Å². The van der Waals surface area contributed by atoms with Crippen LogP contribution in [0.5, 0.6) is 0 Å². The Bertz CT molecular complexity index is 516. The number of halogens is 3. The number of Topliss-reactive ketones (excluding diaryl/α,β-unsaturated/α-hetero) is 1. The van der Waals surface area contributed by atoms with Crippen molar-refractivity contribution >= 4 is 17.6 Å². The Balaban J connectivity index is 2.27. The minimum absolute atomic E-state index is 0.0116. The standard InChI is InChI=1S/C11H6F3NO3/c12-11(13,14)8(16)5-15-9(17)6-3-1-2-4-7(6)10(15)18/h1-4H,5H2. The van der Waals surface area contributed by atoms with Crippen molar-refractivity contribution in [2.45, 2.75) is 6.18 Å². The van der Waals surface area contributed by atoms with Crippen molar-refractivity contribution in [1.29, 1.82) is 0 Å². The predicted molar refractivity (Wildman–Crippen MR) is 52.9 cm³/mol. The van der Waals surface area contributed by atoms with E-state index in [2.05, 4.69) is 0 Å². The minimum atomic E-state index is -5.06. The number of ketones is 1. The van der Waals surface area contributed by atoms with Gasteiger partial charge in [0.2, 0.25) is 0 Å². The van der Waals surface area contributed by atoms with Crippen molar-refractivity contribution < 1.29 is 27.6 Å². The maximum absolute atomic E-state index is 12.1. The molecule has 0 N–H and O–H groups in total. The van der Waals surface area contributed by atoms with Crippen LogP contribution in [0, 0.1) is 0 Å².